The van der Waals surface area contributed by atoms with Crippen LogP contribution in [0.25, 0.3) is 6.08 Å². The van der Waals surface area contributed by atoms with Crippen LogP contribution in [0.5, 0.6) is 0 Å². The number of nitrogens with zero attached hydrogens (tertiary/aromatic N) is 2. The summed E-state index contributed by atoms with van der Waals surface area (Å²) in [6.45, 7) is 4.83. The second-order valence-corrected chi connectivity index (χ2v) is 7.01. The summed E-state index contributed by atoms with van der Waals surface area (Å²) in [6.07, 6.45) is 1.57. The number of morpholine rings is 1. The Bertz CT molecular complexity index is 912. The van der Waals surface area contributed by atoms with Gasteiger partial charge in [0, 0.05) is 19.6 Å². The quantitative estimate of drug-likeness (QED) is 0.605. The summed E-state index contributed by atoms with van der Waals surface area (Å²) in [5.74, 6) is -0.758. The van der Waals surface area contributed by atoms with Crippen molar-refractivity contribution in [1.82, 2.24) is 10.2 Å². The Kier molecular flexibility index (Phi) is 7.12. The van der Waals surface area contributed by atoms with Crippen LogP contribution in [-0.2, 0) is 9.53 Å². The Morgan fingerprint density at radius 2 is 2.00 bits per heavy atom. The molecule has 5 nitrogen and oxygen atoms in total. The molecule has 0 aromatic heterocycles. The summed E-state index contributed by atoms with van der Waals surface area (Å²) in [7, 11) is 0. The molecular weight excluding hydrogens is 369 g/mol. The van der Waals surface area contributed by atoms with E-state index in [1.807, 2.05) is 43.3 Å². The van der Waals surface area contributed by atoms with Crippen molar-refractivity contribution in [2.75, 3.05) is 32.8 Å². The fourth-order valence-electron chi connectivity index (χ4n) is 3.32. The first-order valence-electron chi connectivity index (χ1n) is 9.61. The average Bonchev–Trinajstić information content (AvgIpc) is 2.74. The molecule has 1 unspecified atom stereocenters. The number of carbonyl (C=O) groups excluding carboxylic acids is 1. The first kappa shape index (κ1) is 20.7. The van der Waals surface area contributed by atoms with Crippen LogP contribution in [0.4, 0.5) is 4.39 Å². The molecule has 0 radical (unpaired) electrons. The molecule has 6 heteroatoms. The van der Waals surface area contributed by atoms with Crippen molar-refractivity contribution in [3.63, 3.8) is 0 Å². The summed E-state index contributed by atoms with van der Waals surface area (Å²) >= 11 is 0. The van der Waals surface area contributed by atoms with E-state index in [4.69, 9.17) is 4.74 Å². The van der Waals surface area contributed by atoms with Crippen molar-refractivity contribution >= 4 is 12.0 Å². The molecule has 0 aliphatic carbocycles. The van der Waals surface area contributed by atoms with Gasteiger partial charge in [0.05, 0.1) is 19.3 Å². The largest absolute Gasteiger partial charge is 0.379 e. The Morgan fingerprint density at radius 3 is 2.66 bits per heavy atom. The summed E-state index contributed by atoms with van der Waals surface area (Å²) in [5.41, 5.74) is 2.72. The predicted octanol–water partition coefficient (Wildman–Crippen LogP) is 3.23. The first-order chi connectivity index (χ1) is 14.1. The van der Waals surface area contributed by atoms with Crippen LogP contribution in [0.15, 0.2) is 54.1 Å². The molecule has 1 fully saturated rings. The molecular formula is C23H24FN3O2. The molecule has 2 aromatic carbocycles. The maximum Gasteiger partial charge on any atom is 0.262 e. The molecule has 1 saturated heterocycles. The highest BCUT2D eigenvalue weighted by molar-refractivity contribution is 6.01. The number of hydrogen-bond acceptors (Lipinski definition) is 4. The van der Waals surface area contributed by atoms with E-state index < -0.39 is 5.91 Å². The van der Waals surface area contributed by atoms with Gasteiger partial charge in [0.15, 0.2) is 0 Å². The van der Waals surface area contributed by atoms with Gasteiger partial charge >= 0.3 is 0 Å². The number of nitrogens with one attached hydrogen (secondary N) is 1. The molecule has 1 amide bonds. The fourth-order valence-corrected chi connectivity index (χ4v) is 3.32. The maximum atomic E-state index is 13.8. The van der Waals surface area contributed by atoms with Gasteiger partial charge in [-0.15, -0.1) is 0 Å². The Labute approximate surface area is 170 Å². The molecule has 2 aromatic rings. The first-order valence-corrected chi connectivity index (χ1v) is 9.61. The molecule has 0 saturated carbocycles. The van der Waals surface area contributed by atoms with E-state index in [0.29, 0.717) is 26.3 Å². The number of aryl methyl sites for hydroxylation is 1. The number of hydrogen-bond donors (Lipinski definition) is 1. The van der Waals surface area contributed by atoms with Crippen molar-refractivity contribution in [3.05, 3.63) is 76.6 Å². The lowest BCUT2D eigenvalue weighted by Gasteiger charge is -2.34. The minimum Gasteiger partial charge on any atom is -0.379 e. The van der Waals surface area contributed by atoms with E-state index >= 15 is 0 Å². The monoisotopic (exact) mass is 393 g/mol. The van der Waals surface area contributed by atoms with Crippen molar-refractivity contribution in [3.8, 4) is 6.07 Å². The van der Waals surface area contributed by atoms with Crippen molar-refractivity contribution in [1.29, 1.82) is 5.26 Å². The number of rotatable bonds is 6. The zero-order chi connectivity index (χ0) is 20.6. The summed E-state index contributed by atoms with van der Waals surface area (Å²) in [6, 6.07) is 15.8. The van der Waals surface area contributed by atoms with Crippen LogP contribution in [-0.4, -0.2) is 43.7 Å². The van der Waals surface area contributed by atoms with Crippen LogP contribution < -0.4 is 5.32 Å². The SMILES string of the molecule is Cc1ccc(/C=C(\C#N)C(=O)NCC(c2cccc(F)c2)N2CCOCC2)cc1. The predicted molar refractivity (Wildman–Crippen MR) is 109 cm³/mol. The van der Waals surface area contributed by atoms with Gasteiger partial charge in [-0.1, -0.05) is 42.0 Å². The van der Waals surface area contributed by atoms with Crippen LogP contribution in [0, 0.1) is 24.1 Å². The summed E-state index contributed by atoms with van der Waals surface area (Å²) in [4.78, 5) is 14.8. The zero-order valence-electron chi connectivity index (χ0n) is 16.4. The van der Waals surface area contributed by atoms with E-state index in [0.717, 1.165) is 16.7 Å². The molecule has 29 heavy (non-hydrogen) atoms. The highest BCUT2D eigenvalue weighted by Gasteiger charge is 2.24. The summed E-state index contributed by atoms with van der Waals surface area (Å²) in [5, 5.41) is 12.3. The molecule has 1 atom stereocenters. The van der Waals surface area contributed by atoms with Crippen molar-refractivity contribution in [2.45, 2.75) is 13.0 Å². The average molecular weight is 393 g/mol. The maximum absolute atomic E-state index is 13.8. The van der Waals surface area contributed by atoms with E-state index in [1.165, 1.54) is 12.1 Å². The second-order valence-electron chi connectivity index (χ2n) is 7.01. The van der Waals surface area contributed by atoms with Crippen molar-refractivity contribution in [2.24, 2.45) is 0 Å². The third-order valence-electron chi connectivity index (χ3n) is 4.93. The Hall–Kier alpha value is -3.01. The number of halogens is 1. The molecule has 0 bridgehead atoms. The normalized spacial score (nSPS) is 16.1. The van der Waals surface area contributed by atoms with Gasteiger partial charge in [0.25, 0.3) is 5.91 Å². The highest BCUT2D eigenvalue weighted by Crippen LogP contribution is 2.22. The summed E-state index contributed by atoms with van der Waals surface area (Å²) < 4.78 is 19.2. The van der Waals surface area contributed by atoms with Gasteiger partial charge in [0.2, 0.25) is 0 Å². The molecule has 150 valence electrons. The van der Waals surface area contributed by atoms with Crippen LogP contribution in [0.3, 0.4) is 0 Å². The van der Waals surface area contributed by atoms with Gasteiger partial charge in [-0.3, -0.25) is 9.69 Å². The van der Waals surface area contributed by atoms with E-state index in [-0.39, 0.29) is 24.0 Å². The third-order valence-corrected chi connectivity index (χ3v) is 4.93. The van der Waals surface area contributed by atoms with Crippen LogP contribution >= 0.6 is 0 Å². The number of carbonyl (C=O) groups is 1. The minimum absolute atomic E-state index is 0.0359. The topological polar surface area (TPSA) is 65.4 Å². The highest BCUT2D eigenvalue weighted by atomic mass is 19.1. The fraction of sp³-hybridized carbons (Fsp3) is 0.304. The van der Waals surface area contributed by atoms with Gasteiger partial charge < -0.3 is 10.1 Å². The van der Waals surface area contributed by atoms with Gasteiger partial charge in [-0.05, 0) is 36.3 Å². The van der Waals surface area contributed by atoms with Crippen molar-refractivity contribution < 1.29 is 13.9 Å². The second kappa shape index (κ2) is 9.97. The number of nitriles is 1. The molecule has 1 N–H and O–H groups in total. The number of benzene rings is 2. The van der Waals surface area contributed by atoms with E-state index in [1.54, 1.807) is 12.1 Å². The third kappa shape index (κ3) is 5.74. The number of ether oxygens (including phenoxy) is 1. The lowest BCUT2D eigenvalue weighted by Crippen LogP contribution is -2.44. The van der Waals surface area contributed by atoms with Crippen LogP contribution in [0.1, 0.15) is 22.7 Å². The molecule has 0 spiro atoms. The molecule has 3 rings (SSSR count). The minimum atomic E-state index is -0.442. The lowest BCUT2D eigenvalue weighted by atomic mass is 10.0. The lowest BCUT2D eigenvalue weighted by molar-refractivity contribution is -0.117. The smallest absolute Gasteiger partial charge is 0.262 e. The number of amides is 1. The van der Waals surface area contributed by atoms with E-state index in [9.17, 15) is 14.4 Å². The standard InChI is InChI=1S/C23H24FN3O2/c1-17-5-7-18(8-6-17)13-20(15-25)23(28)26-16-22(27-9-11-29-12-10-27)19-3-2-4-21(24)14-19/h2-8,13-14,22H,9-12,16H2,1H3,(H,26,28)/b20-13+. The van der Waals surface area contributed by atoms with E-state index in [2.05, 4.69) is 10.2 Å². The molecule has 1 heterocycles. The van der Waals surface area contributed by atoms with Gasteiger partial charge in [0.1, 0.15) is 17.5 Å². The van der Waals surface area contributed by atoms with Crippen LogP contribution in [0.2, 0.25) is 0 Å². The Morgan fingerprint density at radius 1 is 1.28 bits per heavy atom. The Balaban J connectivity index is 1.74. The molecule has 1 aliphatic rings. The van der Waals surface area contributed by atoms with Gasteiger partial charge in [-0.25, -0.2) is 4.39 Å². The zero-order valence-corrected chi connectivity index (χ0v) is 16.4. The van der Waals surface area contributed by atoms with Gasteiger partial charge in [-0.2, -0.15) is 5.26 Å². The molecule has 1 aliphatic heterocycles.